The van der Waals surface area contributed by atoms with Crippen LogP contribution in [0.5, 0.6) is 0 Å². The molecule has 0 bridgehead atoms. The number of carbonyl (C=O) groups is 1. The minimum atomic E-state index is 0. The Bertz CT molecular complexity index is 683. The molecule has 2 N–H and O–H groups in total. The molecule has 8 heteroatoms. The molecule has 0 aliphatic carbocycles. The molecule has 2 heterocycles. The Morgan fingerprint density at radius 2 is 2.00 bits per heavy atom. The van der Waals surface area contributed by atoms with Gasteiger partial charge >= 0.3 is 0 Å². The number of nitrogens with one attached hydrogen (secondary N) is 2. The number of likely N-dealkylation sites (tertiary alicyclic amines) is 1. The summed E-state index contributed by atoms with van der Waals surface area (Å²) in [4.78, 5) is 21.0. The molecule has 1 aromatic rings. The highest BCUT2D eigenvalue weighted by Crippen LogP contribution is 2.21. The Balaban J connectivity index is 0.00000320. The number of methoxy groups -OCH3 is 1. The summed E-state index contributed by atoms with van der Waals surface area (Å²) in [6.07, 6.45) is 4.07. The van der Waals surface area contributed by atoms with Crippen molar-refractivity contribution in [2.45, 2.75) is 45.2 Å². The number of carbonyl (C=O) groups excluding carboxylic acids is 1. The summed E-state index contributed by atoms with van der Waals surface area (Å²) in [5.74, 6) is 1.07. The van der Waals surface area contributed by atoms with E-state index < -0.39 is 0 Å². The predicted molar refractivity (Wildman–Crippen MR) is 133 cm³/mol. The minimum Gasteiger partial charge on any atom is -0.383 e. The molecule has 0 saturated carbocycles. The molecule has 2 aliphatic rings. The number of hydrogen-bond acceptors (Lipinski definition) is 4. The van der Waals surface area contributed by atoms with Crippen molar-refractivity contribution in [3.05, 3.63) is 29.8 Å². The lowest BCUT2D eigenvalue weighted by molar-refractivity contribution is -0.117. The van der Waals surface area contributed by atoms with E-state index in [0.29, 0.717) is 19.0 Å². The van der Waals surface area contributed by atoms with Gasteiger partial charge in [0.25, 0.3) is 0 Å². The first-order valence-corrected chi connectivity index (χ1v) is 10.9. The first-order chi connectivity index (χ1) is 14.2. The first-order valence-electron chi connectivity index (χ1n) is 10.9. The lowest BCUT2D eigenvalue weighted by Gasteiger charge is -2.25. The molecule has 0 radical (unpaired) electrons. The van der Waals surface area contributed by atoms with Gasteiger partial charge in [0.1, 0.15) is 0 Å². The number of rotatable bonds is 9. The molecule has 1 atom stereocenters. The zero-order valence-corrected chi connectivity index (χ0v) is 20.6. The molecule has 1 unspecified atom stereocenters. The van der Waals surface area contributed by atoms with E-state index in [0.717, 1.165) is 63.0 Å². The summed E-state index contributed by atoms with van der Waals surface area (Å²) >= 11 is 0. The van der Waals surface area contributed by atoms with Gasteiger partial charge in [0.05, 0.1) is 13.2 Å². The van der Waals surface area contributed by atoms with Gasteiger partial charge in [-0.15, -0.1) is 24.0 Å². The summed E-state index contributed by atoms with van der Waals surface area (Å²) in [7, 11) is 1.76. The van der Waals surface area contributed by atoms with Crippen LogP contribution in [0.3, 0.4) is 0 Å². The van der Waals surface area contributed by atoms with Crippen molar-refractivity contribution in [3.63, 3.8) is 0 Å². The SMILES string of the molecule is CCNC(=NCc1ccc(N2CCCC2=O)cc1)NCC1CCCN1CCOC.I. The number of halogens is 1. The van der Waals surface area contributed by atoms with Gasteiger partial charge in [-0.25, -0.2) is 4.99 Å². The van der Waals surface area contributed by atoms with Crippen molar-refractivity contribution < 1.29 is 9.53 Å². The summed E-state index contributed by atoms with van der Waals surface area (Å²) in [5.41, 5.74) is 2.13. The number of ether oxygens (including phenoxy) is 1. The quantitative estimate of drug-likeness (QED) is 0.293. The van der Waals surface area contributed by atoms with E-state index in [4.69, 9.17) is 9.73 Å². The average molecular weight is 529 g/mol. The fourth-order valence-electron chi connectivity index (χ4n) is 4.06. The van der Waals surface area contributed by atoms with Crippen LogP contribution < -0.4 is 15.5 Å². The summed E-state index contributed by atoms with van der Waals surface area (Å²) in [6.45, 7) is 8.17. The number of amides is 1. The fraction of sp³-hybridized carbons (Fsp3) is 0.636. The molecule has 3 rings (SSSR count). The van der Waals surface area contributed by atoms with Crippen LogP contribution in [0.1, 0.15) is 38.2 Å². The van der Waals surface area contributed by atoms with E-state index in [1.54, 1.807) is 7.11 Å². The second-order valence-electron chi connectivity index (χ2n) is 7.72. The maximum atomic E-state index is 11.9. The summed E-state index contributed by atoms with van der Waals surface area (Å²) in [6, 6.07) is 8.72. The Hall–Kier alpha value is -1.39. The number of aliphatic imine (C=N–C) groups is 1. The van der Waals surface area contributed by atoms with Crippen LogP contribution >= 0.6 is 24.0 Å². The summed E-state index contributed by atoms with van der Waals surface area (Å²) in [5, 5.41) is 6.84. The van der Waals surface area contributed by atoms with Crippen molar-refractivity contribution in [3.8, 4) is 0 Å². The average Bonchev–Trinajstić information content (AvgIpc) is 3.37. The predicted octanol–water partition coefficient (Wildman–Crippen LogP) is 2.60. The monoisotopic (exact) mass is 529 g/mol. The van der Waals surface area contributed by atoms with Crippen molar-refractivity contribution in [1.29, 1.82) is 0 Å². The van der Waals surface area contributed by atoms with Crippen LogP contribution in [0.4, 0.5) is 5.69 Å². The van der Waals surface area contributed by atoms with E-state index in [9.17, 15) is 4.79 Å². The number of benzene rings is 1. The van der Waals surface area contributed by atoms with Gasteiger partial charge in [-0.2, -0.15) is 0 Å². The minimum absolute atomic E-state index is 0. The number of guanidine groups is 1. The molecule has 2 aliphatic heterocycles. The van der Waals surface area contributed by atoms with Crippen molar-refractivity contribution in [1.82, 2.24) is 15.5 Å². The van der Waals surface area contributed by atoms with Crippen LogP contribution in [0, 0.1) is 0 Å². The molecule has 30 heavy (non-hydrogen) atoms. The van der Waals surface area contributed by atoms with Gasteiger partial charge in [-0.3, -0.25) is 9.69 Å². The largest absolute Gasteiger partial charge is 0.383 e. The number of nitrogens with zero attached hydrogens (tertiary/aromatic N) is 3. The standard InChI is InChI=1S/C22H35N5O2.HI/c1-3-23-22(25-17-20-6-4-12-26(20)14-15-29-2)24-16-18-8-10-19(11-9-18)27-13-5-7-21(27)28;/h8-11,20H,3-7,12-17H2,1-2H3,(H2,23,24,25);1H. The molecule has 1 aromatic carbocycles. The second-order valence-corrected chi connectivity index (χ2v) is 7.72. The van der Waals surface area contributed by atoms with E-state index in [-0.39, 0.29) is 29.9 Å². The maximum Gasteiger partial charge on any atom is 0.227 e. The van der Waals surface area contributed by atoms with Gasteiger partial charge in [0.2, 0.25) is 5.91 Å². The number of anilines is 1. The second kappa shape index (κ2) is 13.1. The highest BCUT2D eigenvalue weighted by atomic mass is 127. The smallest absolute Gasteiger partial charge is 0.227 e. The van der Waals surface area contributed by atoms with Crippen LogP contribution in [0.2, 0.25) is 0 Å². The van der Waals surface area contributed by atoms with E-state index in [1.165, 1.54) is 12.8 Å². The molecule has 2 fully saturated rings. The van der Waals surface area contributed by atoms with Gasteiger partial charge in [0.15, 0.2) is 5.96 Å². The molecule has 0 spiro atoms. The third-order valence-corrected chi connectivity index (χ3v) is 5.67. The maximum absolute atomic E-state index is 11.9. The van der Waals surface area contributed by atoms with Crippen LogP contribution in [-0.2, 0) is 16.1 Å². The van der Waals surface area contributed by atoms with Crippen molar-refractivity contribution in [2.24, 2.45) is 4.99 Å². The summed E-state index contributed by atoms with van der Waals surface area (Å²) < 4.78 is 5.23. The van der Waals surface area contributed by atoms with Crippen LogP contribution in [-0.4, -0.2) is 69.2 Å². The Morgan fingerprint density at radius 3 is 2.67 bits per heavy atom. The van der Waals surface area contributed by atoms with Gasteiger partial charge < -0.3 is 20.3 Å². The lowest BCUT2D eigenvalue weighted by Crippen LogP contribution is -2.45. The van der Waals surface area contributed by atoms with E-state index in [2.05, 4.69) is 34.6 Å². The molecule has 1 amide bonds. The molecule has 0 aromatic heterocycles. The van der Waals surface area contributed by atoms with E-state index >= 15 is 0 Å². The normalized spacial score (nSPS) is 19.8. The van der Waals surface area contributed by atoms with Gasteiger partial charge in [-0.1, -0.05) is 12.1 Å². The van der Waals surface area contributed by atoms with Gasteiger partial charge in [-0.05, 0) is 50.4 Å². The zero-order valence-electron chi connectivity index (χ0n) is 18.2. The molecular formula is C22H36IN5O2. The third kappa shape index (κ3) is 7.09. The topological polar surface area (TPSA) is 69.2 Å². The number of hydrogen-bond donors (Lipinski definition) is 2. The Kier molecular flexibility index (Phi) is 10.9. The van der Waals surface area contributed by atoms with Crippen molar-refractivity contribution in [2.75, 3.05) is 51.3 Å². The lowest BCUT2D eigenvalue weighted by atomic mass is 10.2. The van der Waals surface area contributed by atoms with Crippen LogP contribution in [0.15, 0.2) is 29.3 Å². The molecule has 2 saturated heterocycles. The van der Waals surface area contributed by atoms with Crippen molar-refractivity contribution >= 4 is 41.5 Å². The first kappa shape index (κ1) is 24.9. The Labute approximate surface area is 197 Å². The molecular weight excluding hydrogens is 493 g/mol. The zero-order chi connectivity index (χ0) is 20.5. The molecule has 168 valence electrons. The highest BCUT2D eigenvalue weighted by molar-refractivity contribution is 14.0. The van der Waals surface area contributed by atoms with Gasteiger partial charge in [0, 0.05) is 51.4 Å². The van der Waals surface area contributed by atoms with E-state index in [1.807, 2.05) is 17.0 Å². The molecule has 7 nitrogen and oxygen atoms in total. The fourth-order valence-corrected chi connectivity index (χ4v) is 4.06. The Morgan fingerprint density at radius 1 is 1.20 bits per heavy atom. The third-order valence-electron chi connectivity index (χ3n) is 5.67. The van der Waals surface area contributed by atoms with Crippen LogP contribution in [0.25, 0.3) is 0 Å². The highest BCUT2D eigenvalue weighted by Gasteiger charge is 2.24.